The van der Waals surface area contributed by atoms with Crippen molar-refractivity contribution in [2.24, 2.45) is 0 Å². The van der Waals surface area contributed by atoms with Gasteiger partial charge >= 0.3 is 0 Å². The van der Waals surface area contributed by atoms with E-state index in [2.05, 4.69) is 15.0 Å². The quantitative estimate of drug-likeness (QED) is 0.611. The van der Waals surface area contributed by atoms with Gasteiger partial charge in [0.15, 0.2) is 0 Å². The lowest BCUT2D eigenvalue weighted by molar-refractivity contribution is 0.628. The monoisotopic (exact) mass is 316 g/mol. The van der Waals surface area contributed by atoms with Crippen molar-refractivity contribution in [3.63, 3.8) is 0 Å². The maximum Gasteiger partial charge on any atom is 0.140 e. The molecule has 24 heavy (non-hydrogen) atoms. The molecule has 0 saturated heterocycles. The molecule has 0 unspecified atom stereocenters. The molecule has 4 aromatic rings. The van der Waals surface area contributed by atoms with Crippen LogP contribution in [0.2, 0.25) is 0 Å². The minimum atomic E-state index is -0.267. The Kier molecular flexibility index (Phi) is 3.59. The minimum absolute atomic E-state index is 0.267. The van der Waals surface area contributed by atoms with E-state index < -0.39 is 0 Å². The maximum absolute atomic E-state index is 13.3. The average Bonchev–Trinajstić information content (AvgIpc) is 3.09. The van der Waals surface area contributed by atoms with Crippen LogP contribution in [0.1, 0.15) is 0 Å². The molecule has 4 rings (SSSR count). The molecule has 0 bridgehead atoms. The van der Waals surface area contributed by atoms with Crippen molar-refractivity contribution < 1.29 is 4.39 Å². The second-order valence-electron chi connectivity index (χ2n) is 5.29. The lowest BCUT2D eigenvalue weighted by atomic mass is 10.1. The Morgan fingerprint density at radius 2 is 1.54 bits per heavy atom. The highest BCUT2D eigenvalue weighted by molar-refractivity contribution is 5.80. The molecule has 0 fully saturated rings. The predicted molar refractivity (Wildman–Crippen MR) is 90.4 cm³/mol. The fourth-order valence-electron chi connectivity index (χ4n) is 2.56. The molecule has 0 saturated carbocycles. The van der Waals surface area contributed by atoms with Crippen molar-refractivity contribution in [1.82, 2.24) is 19.9 Å². The lowest BCUT2D eigenvalue weighted by Gasteiger charge is -2.02. The fourth-order valence-corrected chi connectivity index (χ4v) is 2.56. The van der Waals surface area contributed by atoms with Gasteiger partial charge in [0.2, 0.25) is 0 Å². The van der Waals surface area contributed by atoms with Crippen LogP contribution in [-0.2, 0) is 0 Å². The number of H-pyrrole nitrogens is 1. The smallest absolute Gasteiger partial charge is 0.140 e. The Hall–Kier alpha value is -3.34. The first-order valence-corrected chi connectivity index (χ1v) is 7.48. The van der Waals surface area contributed by atoms with Crippen LogP contribution in [0.5, 0.6) is 0 Å². The summed E-state index contributed by atoms with van der Waals surface area (Å²) in [7, 11) is 0. The van der Waals surface area contributed by atoms with Crippen molar-refractivity contribution in [2.45, 2.75) is 0 Å². The van der Waals surface area contributed by atoms with Crippen LogP contribution in [0.4, 0.5) is 4.39 Å². The first-order valence-electron chi connectivity index (χ1n) is 7.48. The number of hydrogen-bond donors (Lipinski definition) is 1. The van der Waals surface area contributed by atoms with E-state index in [4.69, 9.17) is 4.98 Å². The molecule has 0 aliphatic rings. The van der Waals surface area contributed by atoms with Gasteiger partial charge in [0, 0.05) is 41.5 Å². The van der Waals surface area contributed by atoms with Gasteiger partial charge in [0.25, 0.3) is 0 Å². The number of halogens is 1. The molecule has 4 nitrogen and oxygen atoms in total. The second kappa shape index (κ2) is 6.04. The Balaban J connectivity index is 1.90. The third kappa shape index (κ3) is 2.67. The Labute approximate surface area is 138 Å². The first-order chi connectivity index (χ1) is 11.8. The molecule has 116 valence electrons. The lowest BCUT2D eigenvalue weighted by Crippen LogP contribution is -1.84. The fraction of sp³-hybridized carbons (Fsp3) is 0. The highest BCUT2D eigenvalue weighted by atomic mass is 19.1. The number of benzene rings is 1. The normalized spacial score (nSPS) is 10.7. The Morgan fingerprint density at radius 3 is 2.25 bits per heavy atom. The molecule has 0 atom stereocenters. The van der Waals surface area contributed by atoms with E-state index in [1.807, 2.05) is 24.3 Å². The van der Waals surface area contributed by atoms with Gasteiger partial charge in [-0.15, -0.1) is 0 Å². The topological polar surface area (TPSA) is 54.5 Å². The maximum atomic E-state index is 13.3. The van der Waals surface area contributed by atoms with Crippen LogP contribution in [-0.4, -0.2) is 19.9 Å². The van der Waals surface area contributed by atoms with Crippen LogP contribution < -0.4 is 0 Å². The molecule has 0 spiro atoms. The highest BCUT2D eigenvalue weighted by Gasteiger charge is 2.15. The van der Waals surface area contributed by atoms with Gasteiger partial charge in [-0.05, 0) is 48.5 Å². The van der Waals surface area contributed by atoms with Gasteiger partial charge in [-0.1, -0.05) is 0 Å². The van der Waals surface area contributed by atoms with Gasteiger partial charge in [-0.25, -0.2) is 9.37 Å². The van der Waals surface area contributed by atoms with Crippen molar-refractivity contribution in [1.29, 1.82) is 0 Å². The zero-order valence-electron chi connectivity index (χ0n) is 12.6. The van der Waals surface area contributed by atoms with E-state index >= 15 is 0 Å². The zero-order chi connectivity index (χ0) is 16.4. The summed E-state index contributed by atoms with van der Waals surface area (Å²) in [5.41, 5.74) is 4.32. The largest absolute Gasteiger partial charge is 0.337 e. The molecule has 1 N–H and O–H groups in total. The summed E-state index contributed by atoms with van der Waals surface area (Å²) >= 11 is 0. The van der Waals surface area contributed by atoms with E-state index in [1.54, 1.807) is 36.9 Å². The summed E-state index contributed by atoms with van der Waals surface area (Å²) in [5, 5.41) is 0. The van der Waals surface area contributed by atoms with Gasteiger partial charge in [0.1, 0.15) is 11.6 Å². The number of pyridine rings is 2. The zero-order valence-corrected chi connectivity index (χ0v) is 12.6. The van der Waals surface area contributed by atoms with Gasteiger partial charge < -0.3 is 4.98 Å². The number of nitrogens with zero attached hydrogens (tertiary/aromatic N) is 3. The van der Waals surface area contributed by atoms with Crippen LogP contribution in [0.25, 0.3) is 33.9 Å². The van der Waals surface area contributed by atoms with Gasteiger partial charge in [-0.2, -0.15) is 0 Å². The molecule has 0 amide bonds. The summed E-state index contributed by atoms with van der Waals surface area (Å²) in [5.74, 6) is 0.449. The molecule has 5 heteroatoms. The number of hydrogen-bond acceptors (Lipinski definition) is 3. The molecule has 1 aromatic carbocycles. The summed E-state index contributed by atoms with van der Waals surface area (Å²) in [6.45, 7) is 0. The summed E-state index contributed by atoms with van der Waals surface area (Å²) in [6, 6.07) is 14.0. The average molecular weight is 316 g/mol. The minimum Gasteiger partial charge on any atom is -0.337 e. The summed E-state index contributed by atoms with van der Waals surface area (Å²) < 4.78 is 13.3. The van der Waals surface area contributed by atoms with Crippen molar-refractivity contribution in [2.75, 3.05) is 0 Å². The number of aromatic nitrogens is 4. The molecule has 3 heterocycles. The van der Waals surface area contributed by atoms with E-state index in [0.717, 1.165) is 28.1 Å². The van der Waals surface area contributed by atoms with Crippen LogP contribution >= 0.6 is 0 Å². The predicted octanol–water partition coefficient (Wildman–Crippen LogP) is 4.34. The van der Waals surface area contributed by atoms with Gasteiger partial charge in [-0.3, -0.25) is 9.97 Å². The van der Waals surface area contributed by atoms with E-state index in [9.17, 15) is 4.39 Å². The van der Waals surface area contributed by atoms with E-state index in [0.29, 0.717) is 5.82 Å². The molecular weight excluding hydrogens is 303 g/mol. The van der Waals surface area contributed by atoms with Crippen molar-refractivity contribution >= 4 is 0 Å². The first kappa shape index (κ1) is 14.3. The molecule has 0 aliphatic heterocycles. The summed E-state index contributed by atoms with van der Waals surface area (Å²) in [4.78, 5) is 16.3. The third-order valence-electron chi connectivity index (χ3n) is 3.73. The number of nitrogens with one attached hydrogen (secondary N) is 1. The third-order valence-corrected chi connectivity index (χ3v) is 3.73. The SMILES string of the molecule is Fc1ccc(-c2[nH]c(-c3cccnc3)nc2-c2ccncc2)cc1. The molecule has 3 aromatic heterocycles. The second-order valence-corrected chi connectivity index (χ2v) is 5.29. The van der Waals surface area contributed by atoms with Gasteiger partial charge in [0.05, 0.1) is 11.4 Å². The van der Waals surface area contributed by atoms with Crippen molar-refractivity contribution in [3.05, 3.63) is 79.1 Å². The molecule has 0 aliphatic carbocycles. The van der Waals surface area contributed by atoms with E-state index in [1.165, 1.54) is 12.1 Å². The Bertz CT molecular complexity index is 948. The number of rotatable bonds is 3. The molecule has 0 radical (unpaired) electrons. The van der Waals surface area contributed by atoms with Crippen LogP contribution in [0, 0.1) is 5.82 Å². The van der Waals surface area contributed by atoms with E-state index in [-0.39, 0.29) is 5.82 Å². The Morgan fingerprint density at radius 1 is 0.750 bits per heavy atom. The number of aromatic amines is 1. The van der Waals surface area contributed by atoms with Crippen LogP contribution in [0.3, 0.4) is 0 Å². The number of imidazole rings is 1. The standard InChI is InChI=1S/C19H13FN4/c20-16-5-3-13(4-6-16)17-18(14-7-10-21-11-8-14)24-19(23-17)15-2-1-9-22-12-15/h1-12H,(H,23,24). The summed E-state index contributed by atoms with van der Waals surface area (Å²) in [6.07, 6.45) is 6.92. The highest BCUT2D eigenvalue weighted by Crippen LogP contribution is 2.32. The van der Waals surface area contributed by atoms with Crippen LogP contribution in [0.15, 0.2) is 73.3 Å². The van der Waals surface area contributed by atoms with Crippen molar-refractivity contribution in [3.8, 4) is 33.9 Å². The molecular formula is C19H13FN4.